The van der Waals surface area contributed by atoms with Crippen molar-refractivity contribution in [3.8, 4) is 0 Å². The fraction of sp³-hybridized carbons (Fsp3) is 0.333. The predicted molar refractivity (Wildman–Crippen MR) is 52.8 cm³/mol. The molecule has 0 saturated carbocycles. The summed E-state index contributed by atoms with van der Waals surface area (Å²) in [5.41, 5.74) is 1.83. The van der Waals surface area contributed by atoms with E-state index < -0.39 is 0 Å². The van der Waals surface area contributed by atoms with Crippen LogP contribution in [-0.2, 0) is 12.4 Å². The topological polar surface area (TPSA) is 30.7 Å². The van der Waals surface area contributed by atoms with Gasteiger partial charge in [0, 0.05) is 12.7 Å². The molecule has 68 valence electrons. The van der Waals surface area contributed by atoms with Gasteiger partial charge < -0.3 is 4.57 Å². The average Bonchev–Trinajstić information content (AvgIpc) is 2.55. The number of hydrogen-bond donors (Lipinski definition) is 0. The van der Waals surface area contributed by atoms with Crippen molar-refractivity contribution >= 4 is 22.8 Å². The number of nitrogens with zero attached hydrogens (tertiary/aromatic N) is 3. The lowest BCUT2D eigenvalue weighted by molar-refractivity contribution is 0.740. The first-order valence-corrected chi connectivity index (χ1v) is 4.76. The molecule has 0 aliphatic carbocycles. The van der Waals surface area contributed by atoms with E-state index in [0.717, 1.165) is 23.5 Å². The van der Waals surface area contributed by atoms with Gasteiger partial charge in [0.2, 0.25) is 0 Å². The van der Waals surface area contributed by atoms with Gasteiger partial charge in [0.05, 0.1) is 5.88 Å². The molecule has 0 aliphatic rings. The van der Waals surface area contributed by atoms with Crippen molar-refractivity contribution in [3.05, 3.63) is 24.2 Å². The lowest BCUT2D eigenvalue weighted by Gasteiger charge is -2.00. The van der Waals surface area contributed by atoms with Crippen molar-refractivity contribution in [1.29, 1.82) is 0 Å². The highest BCUT2D eigenvalue weighted by Crippen LogP contribution is 2.14. The van der Waals surface area contributed by atoms with Crippen molar-refractivity contribution in [2.24, 2.45) is 0 Å². The van der Waals surface area contributed by atoms with Crippen molar-refractivity contribution in [1.82, 2.24) is 14.5 Å². The number of aryl methyl sites for hydroxylation is 1. The Hall–Kier alpha value is -1.09. The molecule has 0 fully saturated rings. The summed E-state index contributed by atoms with van der Waals surface area (Å²) >= 11 is 5.77. The smallest absolute Gasteiger partial charge is 0.160 e. The summed E-state index contributed by atoms with van der Waals surface area (Å²) in [6, 6.07) is 3.83. The van der Waals surface area contributed by atoms with Gasteiger partial charge in [0.1, 0.15) is 11.3 Å². The van der Waals surface area contributed by atoms with E-state index in [1.165, 1.54) is 0 Å². The molecule has 2 rings (SSSR count). The molecule has 0 aliphatic heterocycles. The van der Waals surface area contributed by atoms with Gasteiger partial charge in [0.25, 0.3) is 0 Å². The van der Waals surface area contributed by atoms with Crippen LogP contribution in [0.2, 0.25) is 0 Å². The molecule has 0 radical (unpaired) electrons. The first-order chi connectivity index (χ1) is 6.36. The van der Waals surface area contributed by atoms with Crippen LogP contribution in [0.3, 0.4) is 0 Å². The molecule has 0 atom stereocenters. The second-order valence-electron chi connectivity index (χ2n) is 2.75. The Morgan fingerprint density at radius 1 is 1.54 bits per heavy atom. The van der Waals surface area contributed by atoms with Crippen LogP contribution in [0.25, 0.3) is 11.2 Å². The predicted octanol–water partition coefficient (Wildman–Crippen LogP) is 2.19. The zero-order valence-corrected chi connectivity index (χ0v) is 8.12. The zero-order valence-electron chi connectivity index (χ0n) is 7.37. The van der Waals surface area contributed by atoms with Gasteiger partial charge in [-0.3, -0.25) is 0 Å². The quantitative estimate of drug-likeness (QED) is 0.688. The number of fused-ring (bicyclic) bond motifs is 1. The van der Waals surface area contributed by atoms with Crippen LogP contribution < -0.4 is 0 Å². The summed E-state index contributed by atoms with van der Waals surface area (Å²) in [4.78, 5) is 8.63. The van der Waals surface area contributed by atoms with Gasteiger partial charge in [-0.15, -0.1) is 11.6 Å². The Kier molecular flexibility index (Phi) is 2.19. The van der Waals surface area contributed by atoms with E-state index in [2.05, 4.69) is 16.9 Å². The van der Waals surface area contributed by atoms with Crippen LogP contribution in [0.4, 0.5) is 0 Å². The minimum absolute atomic E-state index is 0.435. The number of hydrogen-bond acceptors (Lipinski definition) is 2. The van der Waals surface area contributed by atoms with E-state index in [4.69, 9.17) is 11.6 Å². The molecule has 0 spiro atoms. The number of aromatic nitrogens is 3. The third-order valence-electron chi connectivity index (χ3n) is 2.02. The van der Waals surface area contributed by atoms with Crippen LogP contribution in [0, 0.1) is 0 Å². The van der Waals surface area contributed by atoms with Gasteiger partial charge in [-0.1, -0.05) is 0 Å². The molecule has 4 heteroatoms. The lowest BCUT2D eigenvalue weighted by atomic mass is 10.4. The normalized spacial score (nSPS) is 10.9. The Morgan fingerprint density at radius 2 is 2.38 bits per heavy atom. The Balaban J connectivity index is 2.73. The van der Waals surface area contributed by atoms with Crippen molar-refractivity contribution in [3.63, 3.8) is 0 Å². The molecule has 2 aromatic heterocycles. The maximum absolute atomic E-state index is 5.77. The Labute approximate surface area is 81.4 Å². The second-order valence-corrected chi connectivity index (χ2v) is 3.02. The fourth-order valence-corrected chi connectivity index (χ4v) is 1.64. The minimum Gasteiger partial charge on any atom is -0.312 e. The molecule has 0 amide bonds. The van der Waals surface area contributed by atoms with Crippen molar-refractivity contribution in [2.75, 3.05) is 0 Å². The molecule has 0 saturated heterocycles. The highest BCUT2D eigenvalue weighted by atomic mass is 35.5. The largest absolute Gasteiger partial charge is 0.312 e. The first kappa shape index (κ1) is 8.51. The van der Waals surface area contributed by atoms with Crippen LogP contribution >= 0.6 is 11.6 Å². The van der Waals surface area contributed by atoms with Gasteiger partial charge in [-0.25, -0.2) is 9.97 Å². The second kappa shape index (κ2) is 3.34. The monoisotopic (exact) mass is 195 g/mol. The van der Waals surface area contributed by atoms with Crippen molar-refractivity contribution < 1.29 is 0 Å². The first-order valence-electron chi connectivity index (χ1n) is 4.23. The number of halogens is 1. The standard InChI is InChI=1S/C9H10ClN3/c1-2-13-8(6-10)12-7-4-3-5-11-9(7)13/h3-5H,2,6H2,1H3. The number of alkyl halides is 1. The molecule has 2 heterocycles. The maximum Gasteiger partial charge on any atom is 0.160 e. The van der Waals surface area contributed by atoms with Crippen LogP contribution in [-0.4, -0.2) is 14.5 Å². The number of pyridine rings is 1. The van der Waals surface area contributed by atoms with E-state index in [0.29, 0.717) is 5.88 Å². The van der Waals surface area contributed by atoms with Gasteiger partial charge in [-0.05, 0) is 19.1 Å². The molecule has 0 unspecified atom stereocenters. The summed E-state index contributed by atoms with van der Waals surface area (Å²) < 4.78 is 2.03. The van der Waals surface area contributed by atoms with Crippen LogP contribution in [0.1, 0.15) is 12.7 Å². The van der Waals surface area contributed by atoms with Gasteiger partial charge in [0.15, 0.2) is 5.65 Å². The third kappa shape index (κ3) is 1.29. The highest BCUT2D eigenvalue weighted by molar-refractivity contribution is 6.16. The molecule has 2 aromatic rings. The Bertz CT molecular complexity index is 422. The van der Waals surface area contributed by atoms with E-state index in [-0.39, 0.29) is 0 Å². The minimum atomic E-state index is 0.435. The molecule has 3 nitrogen and oxygen atoms in total. The molecular formula is C9H10ClN3. The van der Waals surface area contributed by atoms with E-state index in [1.54, 1.807) is 6.20 Å². The van der Waals surface area contributed by atoms with Crippen LogP contribution in [0.15, 0.2) is 18.3 Å². The fourth-order valence-electron chi connectivity index (χ4n) is 1.44. The third-order valence-corrected chi connectivity index (χ3v) is 2.26. The Morgan fingerprint density at radius 3 is 3.08 bits per heavy atom. The SMILES string of the molecule is CCn1c(CCl)nc2cccnc21. The summed E-state index contributed by atoms with van der Waals surface area (Å²) in [6.07, 6.45) is 1.77. The van der Waals surface area contributed by atoms with E-state index in [9.17, 15) is 0 Å². The molecule has 13 heavy (non-hydrogen) atoms. The lowest BCUT2D eigenvalue weighted by Crippen LogP contribution is -1.99. The molecule has 0 aromatic carbocycles. The average molecular weight is 196 g/mol. The molecule has 0 bridgehead atoms. The summed E-state index contributed by atoms with van der Waals surface area (Å²) in [6.45, 7) is 2.92. The van der Waals surface area contributed by atoms with Gasteiger partial charge >= 0.3 is 0 Å². The maximum atomic E-state index is 5.77. The van der Waals surface area contributed by atoms with E-state index >= 15 is 0 Å². The molecule has 0 N–H and O–H groups in total. The summed E-state index contributed by atoms with van der Waals surface area (Å²) in [5.74, 6) is 1.32. The number of rotatable bonds is 2. The van der Waals surface area contributed by atoms with Gasteiger partial charge in [-0.2, -0.15) is 0 Å². The molecular weight excluding hydrogens is 186 g/mol. The van der Waals surface area contributed by atoms with E-state index in [1.807, 2.05) is 16.7 Å². The summed E-state index contributed by atoms with van der Waals surface area (Å²) in [7, 11) is 0. The highest BCUT2D eigenvalue weighted by Gasteiger charge is 2.07. The zero-order chi connectivity index (χ0) is 9.26. The summed E-state index contributed by atoms with van der Waals surface area (Å²) in [5, 5.41) is 0. The number of imidazole rings is 1. The van der Waals surface area contributed by atoms with Crippen LogP contribution in [0.5, 0.6) is 0 Å². The van der Waals surface area contributed by atoms with Crippen molar-refractivity contribution in [2.45, 2.75) is 19.3 Å².